The minimum Gasteiger partial charge on any atom is -0.459 e. The molecule has 2 amide bonds. The average Bonchev–Trinajstić information content (AvgIpc) is 3.48. The van der Waals surface area contributed by atoms with Gasteiger partial charge >= 0.3 is 5.97 Å². The second kappa shape index (κ2) is 12.9. The zero-order valence-electron chi connectivity index (χ0n) is 20.2. The molecule has 0 bridgehead atoms. The number of hydrogen-bond acceptors (Lipinski definition) is 5. The van der Waals surface area contributed by atoms with Gasteiger partial charge in [-0.1, -0.05) is 91.0 Å². The normalized spacial score (nSPS) is 12.2. The third kappa shape index (κ3) is 7.67. The summed E-state index contributed by atoms with van der Waals surface area (Å²) in [6, 6.07) is 30.5. The predicted octanol–water partition coefficient (Wildman–Crippen LogP) is 4.26. The molecule has 0 saturated heterocycles. The van der Waals surface area contributed by atoms with Crippen molar-refractivity contribution in [2.75, 3.05) is 6.61 Å². The number of amides is 2. The van der Waals surface area contributed by atoms with Gasteiger partial charge in [0.2, 0.25) is 0 Å². The van der Waals surface area contributed by atoms with Gasteiger partial charge in [0.25, 0.3) is 11.8 Å². The Morgan fingerprint density at radius 3 is 1.89 bits per heavy atom. The van der Waals surface area contributed by atoms with Crippen molar-refractivity contribution in [2.24, 2.45) is 0 Å². The number of carbonyl (C=O) groups is 3. The van der Waals surface area contributed by atoms with Crippen molar-refractivity contribution in [3.05, 3.63) is 132 Å². The minimum atomic E-state index is -0.998. The second-order valence-electron chi connectivity index (χ2n) is 8.52. The van der Waals surface area contributed by atoms with Gasteiger partial charge in [-0.05, 0) is 35.2 Å². The van der Waals surface area contributed by atoms with Gasteiger partial charge in [0.1, 0.15) is 6.04 Å². The Kier molecular flexibility index (Phi) is 8.86. The van der Waals surface area contributed by atoms with Crippen LogP contribution in [0.5, 0.6) is 0 Å². The number of ether oxygens (including phenoxy) is 1. The maximum absolute atomic E-state index is 13.0. The SMILES string of the molecule is O=C(COC(=O)[C@H](Cc1ccccc1)NC(=O)c1ccco1)NC(Cc1ccccc1)c1ccccc1. The predicted molar refractivity (Wildman–Crippen MR) is 139 cm³/mol. The molecule has 0 aliphatic rings. The highest BCUT2D eigenvalue weighted by molar-refractivity contribution is 5.94. The highest BCUT2D eigenvalue weighted by Crippen LogP contribution is 2.18. The molecule has 0 aliphatic heterocycles. The minimum absolute atomic E-state index is 0.0789. The van der Waals surface area contributed by atoms with Crippen LogP contribution in [-0.4, -0.2) is 30.4 Å². The fourth-order valence-corrected chi connectivity index (χ4v) is 3.94. The van der Waals surface area contributed by atoms with E-state index in [1.54, 1.807) is 6.07 Å². The fraction of sp³-hybridized carbons (Fsp3) is 0.167. The largest absolute Gasteiger partial charge is 0.459 e. The third-order valence-corrected chi connectivity index (χ3v) is 5.78. The number of carbonyl (C=O) groups excluding carboxylic acids is 3. The van der Waals surface area contributed by atoms with Crippen molar-refractivity contribution < 1.29 is 23.5 Å². The molecular weight excluding hydrogens is 468 g/mol. The number of benzene rings is 3. The zero-order chi connectivity index (χ0) is 25.9. The summed E-state index contributed by atoms with van der Waals surface area (Å²) in [4.78, 5) is 38.3. The molecule has 4 rings (SSSR count). The van der Waals surface area contributed by atoms with Crippen LogP contribution in [0, 0.1) is 0 Å². The van der Waals surface area contributed by atoms with E-state index in [1.165, 1.54) is 12.3 Å². The van der Waals surface area contributed by atoms with Crippen LogP contribution in [0.3, 0.4) is 0 Å². The van der Waals surface area contributed by atoms with Crippen molar-refractivity contribution in [3.8, 4) is 0 Å². The summed E-state index contributed by atoms with van der Waals surface area (Å²) in [5.74, 6) is -1.61. The maximum atomic E-state index is 13.0. The van der Waals surface area contributed by atoms with E-state index >= 15 is 0 Å². The topological polar surface area (TPSA) is 97.6 Å². The number of esters is 1. The Bertz CT molecular complexity index is 1280. The summed E-state index contributed by atoms with van der Waals surface area (Å²) in [5.41, 5.74) is 2.84. The highest BCUT2D eigenvalue weighted by Gasteiger charge is 2.25. The van der Waals surface area contributed by atoms with E-state index < -0.39 is 30.4 Å². The van der Waals surface area contributed by atoms with Crippen molar-refractivity contribution in [1.82, 2.24) is 10.6 Å². The first-order valence-electron chi connectivity index (χ1n) is 12.0. The standard InChI is InChI=1S/C30H28N2O5/c33-28(31-25(24-15-8-3-9-16-24)19-22-11-4-1-5-12-22)21-37-30(35)26(20-23-13-6-2-7-14-23)32-29(34)27-17-10-18-36-27/h1-18,25-26H,19-21H2,(H,31,33)(H,32,34)/t25?,26-/m0/s1. The number of hydrogen-bond donors (Lipinski definition) is 2. The molecule has 2 atom stereocenters. The van der Waals surface area contributed by atoms with E-state index in [0.717, 1.165) is 16.7 Å². The molecule has 0 aliphatic carbocycles. The van der Waals surface area contributed by atoms with Gasteiger partial charge in [-0.25, -0.2) is 4.79 Å². The van der Waals surface area contributed by atoms with Gasteiger partial charge < -0.3 is 19.8 Å². The molecular formula is C30H28N2O5. The van der Waals surface area contributed by atoms with Gasteiger partial charge in [-0.15, -0.1) is 0 Å². The summed E-state index contributed by atoms with van der Waals surface area (Å²) < 4.78 is 10.5. The molecule has 1 heterocycles. The van der Waals surface area contributed by atoms with Crippen LogP contribution in [0.4, 0.5) is 0 Å². The van der Waals surface area contributed by atoms with E-state index in [4.69, 9.17) is 9.15 Å². The van der Waals surface area contributed by atoms with E-state index in [0.29, 0.717) is 6.42 Å². The molecule has 4 aromatic rings. The summed E-state index contributed by atoms with van der Waals surface area (Å²) in [6.45, 7) is -0.473. The van der Waals surface area contributed by atoms with Gasteiger partial charge in [-0.2, -0.15) is 0 Å². The second-order valence-corrected chi connectivity index (χ2v) is 8.52. The van der Waals surface area contributed by atoms with Gasteiger partial charge in [0.05, 0.1) is 12.3 Å². The van der Waals surface area contributed by atoms with Crippen molar-refractivity contribution >= 4 is 17.8 Å². The van der Waals surface area contributed by atoms with E-state index in [9.17, 15) is 14.4 Å². The first-order chi connectivity index (χ1) is 18.1. The number of furan rings is 1. The Balaban J connectivity index is 1.40. The summed E-state index contributed by atoms with van der Waals surface area (Å²) in [7, 11) is 0. The Morgan fingerprint density at radius 1 is 0.703 bits per heavy atom. The number of rotatable bonds is 11. The van der Waals surface area contributed by atoms with Gasteiger partial charge in [0, 0.05) is 6.42 Å². The Labute approximate surface area is 215 Å². The average molecular weight is 497 g/mol. The monoisotopic (exact) mass is 496 g/mol. The zero-order valence-corrected chi connectivity index (χ0v) is 20.2. The molecule has 0 saturated carbocycles. The van der Waals surface area contributed by atoms with Crippen LogP contribution in [0.15, 0.2) is 114 Å². The lowest BCUT2D eigenvalue weighted by atomic mass is 9.99. The first-order valence-corrected chi connectivity index (χ1v) is 12.0. The van der Waals surface area contributed by atoms with Crippen LogP contribution >= 0.6 is 0 Å². The summed E-state index contributed by atoms with van der Waals surface area (Å²) >= 11 is 0. The van der Waals surface area contributed by atoms with E-state index in [1.807, 2.05) is 91.0 Å². The molecule has 0 fully saturated rings. The molecule has 1 unspecified atom stereocenters. The van der Waals surface area contributed by atoms with Crippen molar-refractivity contribution in [2.45, 2.75) is 24.9 Å². The fourth-order valence-electron chi connectivity index (χ4n) is 3.94. The van der Waals surface area contributed by atoms with Gasteiger partial charge in [-0.3, -0.25) is 9.59 Å². The smallest absolute Gasteiger partial charge is 0.329 e. The van der Waals surface area contributed by atoms with Crippen molar-refractivity contribution in [1.29, 1.82) is 0 Å². The molecule has 0 spiro atoms. The van der Waals surface area contributed by atoms with Crippen LogP contribution in [-0.2, 0) is 27.2 Å². The highest BCUT2D eigenvalue weighted by atomic mass is 16.5. The van der Waals surface area contributed by atoms with Crippen molar-refractivity contribution in [3.63, 3.8) is 0 Å². The quantitative estimate of drug-likeness (QED) is 0.302. The lowest BCUT2D eigenvalue weighted by Gasteiger charge is -2.21. The molecule has 37 heavy (non-hydrogen) atoms. The van der Waals surface area contributed by atoms with Crippen LogP contribution in [0.1, 0.15) is 33.3 Å². The molecule has 7 heteroatoms. The van der Waals surface area contributed by atoms with Crippen LogP contribution in [0.25, 0.3) is 0 Å². The summed E-state index contributed by atoms with van der Waals surface area (Å²) in [5, 5.41) is 5.62. The van der Waals surface area contributed by atoms with E-state index in [-0.39, 0.29) is 18.2 Å². The number of nitrogens with one attached hydrogen (secondary N) is 2. The van der Waals surface area contributed by atoms with E-state index in [2.05, 4.69) is 10.6 Å². The third-order valence-electron chi connectivity index (χ3n) is 5.78. The Morgan fingerprint density at radius 2 is 1.30 bits per heavy atom. The lowest BCUT2D eigenvalue weighted by molar-refractivity contribution is -0.150. The molecule has 2 N–H and O–H groups in total. The van der Waals surface area contributed by atoms with Crippen LogP contribution in [0.2, 0.25) is 0 Å². The van der Waals surface area contributed by atoms with Gasteiger partial charge in [0.15, 0.2) is 12.4 Å². The molecule has 7 nitrogen and oxygen atoms in total. The molecule has 188 valence electrons. The maximum Gasteiger partial charge on any atom is 0.329 e. The summed E-state index contributed by atoms with van der Waals surface area (Å²) in [6.07, 6.45) is 2.16. The van der Waals surface area contributed by atoms with Crippen LogP contribution < -0.4 is 10.6 Å². The molecule has 0 radical (unpaired) electrons. The molecule has 3 aromatic carbocycles. The lowest BCUT2D eigenvalue weighted by Crippen LogP contribution is -2.44. The first kappa shape index (κ1) is 25.4. The molecule has 1 aromatic heterocycles. The Hall–Kier alpha value is -4.65.